The molecule has 0 saturated carbocycles. The number of carbonyl (C=O) groups is 1. The van der Waals surface area contributed by atoms with Crippen LogP contribution in [0.2, 0.25) is 0 Å². The summed E-state index contributed by atoms with van der Waals surface area (Å²) < 4.78 is 16.6. The molecule has 3 rings (SSSR count). The fraction of sp³-hybridized carbons (Fsp3) is 0.333. The van der Waals surface area contributed by atoms with Crippen molar-refractivity contribution in [1.29, 1.82) is 0 Å². The van der Waals surface area contributed by atoms with Crippen LogP contribution in [0.15, 0.2) is 57.7 Å². The Balaban J connectivity index is 1.69. The number of rotatable bonds is 9. The van der Waals surface area contributed by atoms with Crippen molar-refractivity contribution in [1.82, 2.24) is 4.90 Å². The highest BCUT2D eigenvalue weighted by atomic mass is 16.6. The van der Waals surface area contributed by atoms with Gasteiger partial charge < -0.3 is 18.8 Å². The number of carbonyl (C=O) groups excluding carboxylic acids is 1. The maximum atomic E-state index is 13.0. The molecule has 0 aliphatic rings. The van der Waals surface area contributed by atoms with Gasteiger partial charge in [0.15, 0.2) is 6.61 Å². The predicted octanol–water partition coefficient (Wildman–Crippen LogP) is 4.03. The number of aryl methyl sites for hydroxylation is 1. The first kappa shape index (κ1) is 21.6. The van der Waals surface area contributed by atoms with E-state index in [1.54, 1.807) is 25.1 Å². The summed E-state index contributed by atoms with van der Waals surface area (Å²) in [6, 6.07) is 14.4. The van der Waals surface area contributed by atoms with Gasteiger partial charge in [0, 0.05) is 12.6 Å². The van der Waals surface area contributed by atoms with Crippen molar-refractivity contribution in [3.63, 3.8) is 0 Å². The molecule has 1 aromatic heterocycles. The number of esters is 1. The normalized spacial score (nSPS) is 11.1. The first-order chi connectivity index (χ1) is 14.5. The summed E-state index contributed by atoms with van der Waals surface area (Å²) in [6.45, 7) is 8.56. The zero-order chi connectivity index (χ0) is 21.5. The molecule has 2 aromatic carbocycles. The van der Waals surface area contributed by atoms with Gasteiger partial charge in [0.05, 0.1) is 10.9 Å². The zero-order valence-corrected chi connectivity index (χ0v) is 17.6. The summed E-state index contributed by atoms with van der Waals surface area (Å²) in [5.41, 5.74) is 1.69. The number of benzene rings is 2. The highest BCUT2D eigenvalue weighted by Crippen LogP contribution is 2.26. The van der Waals surface area contributed by atoms with E-state index < -0.39 is 5.97 Å². The molecule has 0 aliphatic carbocycles. The van der Waals surface area contributed by atoms with E-state index in [4.69, 9.17) is 13.9 Å². The Morgan fingerprint density at radius 3 is 2.50 bits per heavy atom. The second-order valence-corrected chi connectivity index (χ2v) is 6.92. The Morgan fingerprint density at radius 1 is 1.07 bits per heavy atom. The van der Waals surface area contributed by atoms with Crippen LogP contribution in [0, 0.1) is 6.92 Å². The standard InChI is InChI=1S/C24H27NO5/c1-4-25(5-2)13-14-28-22(26)16-29-19-11-12-20-21(15-19)30-17(3)23(24(20)27)18-9-7-6-8-10-18/h6-12,15H,4-5,13-14,16H2,1-3H3. The lowest BCUT2D eigenvalue weighted by Crippen LogP contribution is -2.28. The highest BCUT2D eigenvalue weighted by Gasteiger charge is 2.14. The molecule has 6 nitrogen and oxygen atoms in total. The van der Waals surface area contributed by atoms with E-state index >= 15 is 0 Å². The quantitative estimate of drug-likeness (QED) is 0.497. The Kier molecular flexibility index (Phi) is 7.25. The van der Waals surface area contributed by atoms with Crippen LogP contribution in [0.1, 0.15) is 19.6 Å². The van der Waals surface area contributed by atoms with E-state index in [0.717, 1.165) is 18.7 Å². The fourth-order valence-corrected chi connectivity index (χ4v) is 3.33. The van der Waals surface area contributed by atoms with Crippen molar-refractivity contribution in [3.8, 4) is 16.9 Å². The van der Waals surface area contributed by atoms with Gasteiger partial charge in [-0.25, -0.2) is 4.79 Å². The highest BCUT2D eigenvalue weighted by molar-refractivity contribution is 5.83. The van der Waals surface area contributed by atoms with Crippen LogP contribution >= 0.6 is 0 Å². The van der Waals surface area contributed by atoms with E-state index in [2.05, 4.69) is 18.7 Å². The van der Waals surface area contributed by atoms with Gasteiger partial charge in [0.25, 0.3) is 0 Å². The topological polar surface area (TPSA) is 69.0 Å². The van der Waals surface area contributed by atoms with E-state index in [9.17, 15) is 9.59 Å². The molecule has 0 aliphatic heterocycles. The van der Waals surface area contributed by atoms with E-state index in [1.807, 2.05) is 30.3 Å². The number of hydrogen-bond donors (Lipinski definition) is 0. The molecule has 3 aromatic rings. The molecule has 0 bridgehead atoms. The average Bonchev–Trinajstić information content (AvgIpc) is 2.76. The molecule has 158 valence electrons. The molecule has 0 fully saturated rings. The summed E-state index contributed by atoms with van der Waals surface area (Å²) >= 11 is 0. The zero-order valence-electron chi connectivity index (χ0n) is 17.6. The smallest absolute Gasteiger partial charge is 0.344 e. The van der Waals surface area contributed by atoms with Crippen LogP contribution in [-0.2, 0) is 9.53 Å². The fourth-order valence-electron chi connectivity index (χ4n) is 3.33. The maximum Gasteiger partial charge on any atom is 0.344 e. The summed E-state index contributed by atoms with van der Waals surface area (Å²) in [5, 5.41) is 0.466. The number of hydrogen-bond acceptors (Lipinski definition) is 6. The third kappa shape index (κ3) is 5.07. The van der Waals surface area contributed by atoms with E-state index in [0.29, 0.717) is 41.2 Å². The second-order valence-electron chi connectivity index (χ2n) is 6.92. The van der Waals surface area contributed by atoms with Gasteiger partial charge >= 0.3 is 5.97 Å². The molecule has 0 atom stereocenters. The third-order valence-corrected chi connectivity index (χ3v) is 5.02. The Labute approximate surface area is 176 Å². The first-order valence-corrected chi connectivity index (χ1v) is 10.2. The molecule has 0 spiro atoms. The van der Waals surface area contributed by atoms with Crippen molar-refractivity contribution in [2.75, 3.05) is 32.8 Å². The van der Waals surface area contributed by atoms with Crippen molar-refractivity contribution < 1.29 is 18.7 Å². The maximum absolute atomic E-state index is 13.0. The minimum absolute atomic E-state index is 0.0951. The second kappa shape index (κ2) is 10.1. The molecule has 0 unspecified atom stereocenters. The van der Waals surface area contributed by atoms with Crippen molar-refractivity contribution in [3.05, 3.63) is 64.5 Å². The molecule has 0 amide bonds. The Bertz CT molecular complexity index is 1050. The number of ether oxygens (including phenoxy) is 2. The molecule has 1 heterocycles. The van der Waals surface area contributed by atoms with Crippen LogP contribution in [0.25, 0.3) is 22.1 Å². The lowest BCUT2D eigenvalue weighted by atomic mass is 10.0. The largest absolute Gasteiger partial charge is 0.482 e. The number of fused-ring (bicyclic) bond motifs is 1. The van der Waals surface area contributed by atoms with E-state index in [1.165, 1.54) is 0 Å². The SMILES string of the molecule is CCN(CC)CCOC(=O)COc1ccc2c(=O)c(-c3ccccc3)c(C)oc2c1. The van der Waals surface area contributed by atoms with Crippen LogP contribution in [0.5, 0.6) is 5.75 Å². The molecule has 30 heavy (non-hydrogen) atoms. The van der Waals surface area contributed by atoms with Gasteiger partial charge in [0.1, 0.15) is 23.7 Å². The van der Waals surface area contributed by atoms with Crippen molar-refractivity contribution in [2.24, 2.45) is 0 Å². The molecular weight excluding hydrogens is 382 g/mol. The van der Waals surface area contributed by atoms with Crippen LogP contribution in [0.4, 0.5) is 0 Å². The van der Waals surface area contributed by atoms with Gasteiger partial charge in [0.2, 0.25) is 5.43 Å². The van der Waals surface area contributed by atoms with Gasteiger partial charge in [-0.15, -0.1) is 0 Å². The molecular formula is C24H27NO5. The summed E-state index contributed by atoms with van der Waals surface area (Å²) in [4.78, 5) is 27.1. The number of nitrogens with zero attached hydrogens (tertiary/aromatic N) is 1. The average molecular weight is 409 g/mol. The van der Waals surface area contributed by atoms with E-state index in [-0.39, 0.29) is 12.0 Å². The number of likely N-dealkylation sites (N-methyl/N-ethyl adjacent to an activating group) is 1. The van der Waals surface area contributed by atoms with Crippen LogP contribution < -0.4 is 10.2 Å². The first-order valence-electron chi connectivity index (χ1n) is 10.2. The van der Waals surface area contributed by atoms with Gasteiger partial charge in [-0.1, -0.05) is 44.2 Å². The molecule has 0 N–H and O–H groups in total. The summed E-state index contributed by atoms with van der Waals surface area (Å²) in [5.74, 6) is 0.546. The molecule has 0 saturated heterocycles. The van der Waals surface area contributed by atoms with Crippen LogP contribution in [0.3, 0.4) is 0 Å². The summed E-state index contributed by atoms with van der Waals surface area (Å²) in [7, 11) is 0. The van der Waals surface area contributed by atoms with Gasteiger partial charge in [-0.3, -0.25) is 4.79 Å². The summed E-state index contributed by atoms with van der Waals surface area (Å²) in [6.07, 6.45) is 0. The molecule has 0 radical (unpaired) electrons. The third-order valence-electron chi connectivity index (χ3n) is 5.02. The predicted molar refractivity (Wildman–Crippen MR) is 117 cm³/mol. The van der Waals surface area contributed by atoms with Gasteiger partial charge in [-0.2, -0.15) is 0 Å². The lowest BCUT2D eigenvalue weighted by Gasteiger charge is -2.17. The lowest BCUT2D eigenvalue weighted by molar-refractivity contribution is -0.146. The minimum atomic E-state index is -0.431. The van der Waals surface area contributed by atoms with Crippen molar-refractivity contribution in [2.45, 2.75) is 20.8 Å². The Hall–Kier alpha value is -3.12. The Morgan fingerprint density at radius 2 is 1.80 bits per heavy atom. The van der Waals surface area contributed by atoms with Gasteiger partial charge in [-0.05, 0) is 37.7 Å². The molecule has 6 heteroatoms. The van der Waals surface area contributed by atoms with Crippen LogP contribution in [-0.4, -0.2) is 43.7 Å². The monoisotopic (exact) mass is 409 g/mol. The van der Waals surface area contributed by atoms with Crippen molar-refractivity contribution >= 4 is 16.9 Å². The minimum Gasteiger partial charge on any atom is -0.482 e.